The molecule has 4 aliphatic carbocycles. The lowest BCUT2D eigenvalue weighted by molar-refractivity contribution is -0.140. The SMILES string of the molecule is CC(C)CCC[C@H](C)[C@@H]1CC[C@@H]2[C@H]3CC[C@@H]4C[C@](O)(C#Cc5ccc(Cl)cc5)CC[C@]4(C)[C@H]3CC[C@@]21C. The van der Waals surface area contributed by atoms with Gasteiger partial charge in [-0.1, -0.05) is 77.3 Å². The van der Waals surface area contributed by atoms with Gasteiger partial charge in [0.05, 0.1) is 0 Å². The Morgan fingerprint density at radius 3 is 2.35 bits per heavy atom. The van der Waals surface area contributed by atoms with Crippen molar-refractivity contribution in [2.24, 2.45) is 52.3 Å². The van der Waals surface area contributed by atoms with Crippen LogP contribution in [0.1, 0.15) is 117 Å². The third-order valence-corrected chi connectivity index (χ3v) is 12.5. The highest BCUT2D eigenvalue weighted by Crippen LogP contribution is 2.68. The van der Waals surface area contributed by atoms with Crippen molar-refractivity contribution in [2.45, 2.75) is 117 Å². The molecule has 4 saturated carbocycles. The molecule has 37 heavy (non-hydrogen) atoms. The van der Waals surface area contributed by atoms with Gasteiger partial charge in [-0.2, -0.15) is 0 Å². The molecule has 0 unspecified atom stereocenters. The summed E-state index contributed by atoms with van der Waals surface area (Å²) in [6.07, 6.45) is 15.5. The predicted octanol–water partition coefficient (Wildman–Crippen LogP) is 9.54. The van der Waals surface area contributed by atoms with E-state index in [1.165, 1.54) is 57.8 Å². The molecule has 204 valence electrons. The van der Waals surface area contributed by atoms with E-state index in [0.29, 0.717) is 16.7 Å². The molecular weight excluding hydrogens is 472 g/mol. The molecule has 4 fully saturated rings. The molecule has 1 aromatic carbocycles. The van der Waals surface area contributed by atoms with Crippen molar-refractivity contribution < 1.29 is 5.11 Å². The average molecular weight is 523 g/mol. The van der Waals surface area contributed by atoms with Gasteiger partial charge in [0.25, 0.3) is 0 Å². The number of hydrogen-bond acceptors (Lipinski definition) is 1. The molecule has 0 heterocycles. The van der Waals surface area contributed by atoms with Crippen LogP contribution in [0.5, 0.6) is 0 Å². The lowest BCUT2D eigenvalue weighted by atomic mass is 9.43. The minimum atomic E-state index is -0.844. The van der Waals surface area contributed by atoms with Gasteiger partial charge in [0.2, 0.25) is 0 Å². The van der Waals surface area contributed by atoms with Crippen LogP contribution in [0.25, 0.3) is 0 Å². The second-order valence-corrected chi connectivity index (χ2v) is 15.1. The zero-order valence-electron chi connectivity index (χ0n) is 24.2. The van der Waals surface area contributed by atoms with Crippen LogP contribution in [0, 0.1) is 64.1 Å². The summed E-state index contributed by atoms with van der Waals surface area (Å²) < 4.78 is 0. The van der Waals surface area contributed by atoms with Crippen molar-refractivity contribution in [3.8, 4) is 11.8 Å². The third-order valence-electron chi connectivity index (χ3n) is 12.2. The molecule has 0 radical (unpaired) electrons. The second kappa shape index (κ2) is 10.5. The zero-order chi connectivity index (χ0) is 26.4. The number of hydrogen-bond donors (Lipinski definition) is 1. The maximum absolute atomic E-state index is 11.5. The van der Waals surface area contributed by atoms with Crippen LogP contribution in [0.2, 0.25) is 5.02 Å². The summed E-state index contributed by atoms with van der Waals surface area (Å²) >= 11 is 6.03. The van der Waals surface area contributed by atoms with Crippen molar-refractivity contribution >= 4 is 11.6 Å². The molecule has 0 bridgehead atoms. The summed E-state index contributed by atoms with van der Waals surface area (Å²) in [6.45, 7) is 12.6. The smallest absolute Gasteiger partial charge is 0.126 e. The predicted molar refractivity (Wildman–Crippen MR) is 156 cm³/mol. The maximum atomic E-state index is 11.5. The summed E-state index contributed by atoms with van der Waals surface area (Å²) in [5, 5.41) is 12.3. The number of benzene rings is 1. The number of halogens is 1. The van der Waals surface area contributed by atoms with Crippen LogP contribution in [0.15, 0.2) is 24.3 Å². The largest absolute Gasteiger partial charge is 0.378 e. The molecule has 9 atom stereocenters. The highest BCUT2D eigenvalue weighted by atomic mass is 35.5. The Labute approximate surface area is 232 Å². The van der Waals surface area contributed by atoms with Gasteiger partial charge in [-0.15, -0.1) is 0 Å². The van der Waals surface area contributed by atoms with Gasteiger partial charge in [-0.05, 0) is 134 Å². The van der Waals surface area contributed by atoms with Gasteiger partial charge >= 0.3 is 0 Å². The lowest BCUT2D eigenvalue weighted by Gasteiger charge is -2.62. The first kappa shape index (κ1) is 27.6. The molecule has 1 nitrogen and oxygen atoms in total. The van der Waals surface area contributed by atoms with Gasteiger partial charge in [0, 0.05) is 10.6 Å². The molecule has 2 heteroatoms. The summed E-state index contributed by atoms with van der Waals surface area (Å²) in [5.74, 6) is 12.5. The molecule has 0 amide bonds. The van der Waals surface area contributed by atoms with Crippen LogP contribution in [-0.4, -0.2) is 10.7 Å². The first-order valence-electron chi connectivity index (χ1n) is 15.6. The molecule has 4 aliphatic rings. The van der Waals surface area contributed by atoms with Crippen LogP contribution < -0.4 is 0 Å². The van der Waals surface area contributed by atoms with E-state index in [4.69, 9.17) is 11.6 Å². The second-order valence-electron chi connectivity index (χ2n) is 14.7. The van der Waals surface area contributed by atoms with E-state index in [1.54, 1.807) is 0 Å². The number of aliphatic hydroxyl groups is 1. The molecular formula is C35H51ClO. The van der Waals surface area contributed by atoms with Crippen molar-refractivity contribution in [2.75, 3.05) is 0 Å². The molecule has 0 aromatic heterocycles. The maximum Gasteiger partial charge on any atom is 0.126 e. The van der Waals surface area contributed by atoms with Gasteiger partial charge in [0.15, 0.2) is 0 Å². The van der Waals surface area contributed by atoms with Gasteiger partial charge in [-0.3, -0.25) is 0 Å². The van der Waals surface area contributed by atoms with Crippen LogP contribution >= 0.6 is 11.6 Å². The molecule has 0 aliphatic heterocycles. The van der Waals surface area contributed by atoms with Crippen molar-refractivity contribution in [3.05, 3.63) is 34.9 Å². The third kappa shape index (κ3) is 5.29. The molecule has 0 saturated heterocycles. The summed E-state index contributed by atoms with van der Waals surface area (Å²) in [7, 11) is 0. The number of fused-ring (bicyclic) bond motifs is 5. The van der Waals surface area contributed by atoms with E-state index in [-0.39, 0.29) is 0 Å². The first-order chi connectivity index (χ1) is 17.5. The van der Waals surface area contributed by atoms with Gasteiger partial charge in [-0.25, -0.2) is 0 Å². The van der Waals surface area contributed by atoms with Crippen LogP contribution in [0.3, 0.4) is 0 Å². The Kier molecular flexibility index (Phi) is 7.86. The Balaban J connectivity index is 1.26. The Morgan fingerprint density at radius 1 is 0.892 bits per heavy atom. The molecule has 5 rings (SSSR count). The Hall–Kier alpha value is -0.970. The highest BCUT2D eigenvalue weighted by Gasteiger charge is 2.61. The van der Waals surface area contributed by atoms with E-state index >= 15 is 0 Å². The standard InChI is InChI=1S/C35H51ClO/c1-24(2)7-6-8-25(3)30-15-16-31-29-14-11-27-23-35(37,20-17-26-9-12-28(36)13-10-26)22-21-33(27,4)32(29)18-19-34(30,31)5/h9-10,12-13,24-25,27,29-32,37H,6-8,11,14-16,18-19,21-23H2,1-5H3/t25-,27+,29+,30-,31+,32-,33-,34+,35-/m0/s1. The molecule has 1 N–H and O–H groups in total. The highest BCUT2D eigenvalue weighted by molar-refractivity contribution is 6.30. The molecule has 0 spiro atoms. The zero-order valence-corrected chi connectivity index (χ0v) is 24.9. The lowest BCUT2D eigenvalue weighted by Crippen LogP contribution is -2.55. The fourth-order valence-electron chi connectivity index (χ4n) is 10.1. The Bertz CT molecular complexity index is 1000. The van der Waals surface area contributed by atoms with Crippen molar-refractivity contribution in [1.29, 1.82) is 0 Å². The minimum absolute atomic E-state index is 0.374. The van der Waals surface area contributed by atoms with E-state index in [9.17, 15) is 5.11 Å². The average Bonchev–Trinajstić information content (AvgIpc) is 3.21. The molecule has 1 aromatic rings. The van der Waals surface area contributed by atoms with Crippen molar-refractivity contribution in [3.63, 3.8) is 0 Å². The van der Waals surface area contributed by atoms with Gasteiger partial charge in [0.1, 0.15) is 5.60 Å². The topological polar surface area (TPSA) is 20.2 Å². The summed E-state index contributed by atoms with van der Waals surface area (Å²) in [5.41, 5.74) is 1.03. The van der Waals surface area contributed by atoms with Crippen molar-refractivity contribution in [1.82, 2.24) is 0 Å². The Morgan fingerprint density at radius 2 is 1.62 bits per heavy atom. The monoisotopic (exact) mass is 522 g/mol. The van der Waals surface area contributed by atoms with E-state index < -0.39 is 5.60 Å². The quantitative estimate of drug-likeness (QED) is 0.381. The number of rotatable bonds is 5. The van der Waals surface area contributed by atoms with Crippen LogP contribution in [0.4, 0.5) is 0 Å². The van der Waals surface area contributed by atoms with Gasteiger partial charge < -0.3 is 5.11 Å². The van der Waals surface area contributed by atoms with E-state index in [0.717, 1.165) is 65.4 Å². The van der Waals surface area contributed by atoms with Crippen LogP contribution in [-0.2, 0) is 0 Å². The fraction of sp³-hybridized carbons (Fsp3) is 0.771. The normalized spacial score (nSPS) is 41.8. The first-order valence-corrected chi connectivity index (χ1v) is 15.9. The summed E-state index contributed by atoms with van der Waals surface area (Å²) in [6, 6.07) is 7.67. The summed E-state index contributed by atoms with van der Waals surface area (Å²) in [4.78, 5) is 0. The minimum Gasteiger partial charge on any atom is -0.378 e. The van der Waals surface area contributed by atoms with E-state index in [1.807, 2.05) is 24.3 Å². The van der Waals surface area contributed by atoms with E-state index in [2.05, 4.69) is 46.5 Å². The fourth-order valence-corrected chi connectivity index (χ4v) is 10.2.